The molecule has 1 N–H and O–H groups in total. The van der Waals surface area contributed by atoms with Gasteiger partial charge in [0.2, 0.25) is 0 Å². The van der Waals surface area contributed by atoms with Crippen LogP contribution in [-0.4, -0.2) is 35.7 Å². The van der Waals surface area contributed by atoms with E-state index >= 15 is 0 Å². The van der Waals surface area contributed by atoms with Crippen LogP contribution in [0.2, 0.25) is 0 Å². The van der Waals surface area contributed by atoms with Crippen LogP contribution in [0.5, 0.6) is 0 Å². The molecule has 4 aliphatic rings. The standard InChI is InChI=1S/C17H22O6/c1-10(2)12(18)23-17-6-11-4-15(8-17,13(19)20)7-16(5-11,9-17)14(21)22-3/h11H,1,4-9H2,2-3H3,(H,19,20). The van der Waals surface area contributed by atoms with E-state index in [4.69, 9.17) is 9.47 Å². The SMILES string of the molecule is C=C(C)C(=O)OC12CC3CC(C(=O)O)(C1)CC(C(=O)OC)(C3)C2. The van der Waals surface area contributed by atoms with E-state index in [2.05, 4.69) is 6.58 Å². The summed E-state index contributed by atoms with van der Waals surface area (Å²) in [4.78, 5) is 36.4. The van der Waals surface area contributed by atoms with Gasteiger partial charge in [-0.15, -0.1) is 0 Å². The van der Waals surface area contributed by atoms with Crippen LogP contribution in [0.25, 0.3) is 0 Å². The van der Waals surface area contributed by atoms with Gasteiger partial charge in [0.05, 0.1) is 17.9 Å². The molecule has 4 rings (SSSR count). The Morgan fingerprint density at radius 1 is 1.09 bits per heavy atom. The van der Waals surface area contributed by atoms with Gasteiger partial charge in [0.15, 0.2) is 0 Å². The highest BCUT2D eigenvalue weighted by molar-refractivity contribution is 5.88. The Labute approximate surface area is 134 Å². The van der Waals surface area contributed by atoms with Crippen molar-refractivity contribution in [1.29, 1.82) is 0 Å². The monoisotopic (exact) mass is 322 g/mol. The number of hydrogen-bond acceptors (Lipinski definition) is 5. The zero-order chi connectivity index (χ0) is 17.0. The topological polar surface area (TPSA) is 89.9 Å². The van der Waals surface area contributed by atoms with Gasteiger partial charge < -0.3 is 14.6 Å². The summed E-state index contributed by atoms with van der Waals surface area (Å²) in [5.74, 6) is -1.76. The van der Waals surface area contributed by atoms with Crippen LogP contribution in [0, 0.1) is 16.7 Å². The Balaban J connectivity index is 2.03. The average molecular weight is 322 g/mol. The molecule has 0 aromatic heterocycles. The number of hydrogen-bond donors (Lipinski definition) is 1. The predicted molar refractivity (Wildman–Crippen MR) is 79.3 cm³/mol. The van der Waals surface area contributed by atoms with Crippen molar-refractivity contribution in [2.24, 2.45) is 16.7 Å². The fourth-order valence-corrected chi connectivity index (χ4v) is 5.43. The van der Waals surface area contributed by atoms with Gasteiger partial charge in [-0.3, -0.25) is 9.59 Å². The minimum absolute atomic E-state index is 0.0550. The third-order valence-corrected chi connectivity index (χ3v) is 5.75. The number of carboxylic acid groups (broad SMARTS) is 1. The van der Waals surface area contributed by atoms with E-state index in [1.165, 1.54) is 7.11 Å². The molecule has 0 aromatic rings. The van der Waals surface area contributed by atoms with Gasteiger partial charge in [0.1, 0.15) is 5.60 Å². The maximum absolute atomic E-state index is 12.4. The van der Waals surface area contributed by atoms with Crippen LogP contribution in [0.1, 0.15) is 45.4 Å². The molecule has 0 amide bonds. The molecular formula is C17H22O6. The van der Waals surface area contributed by atoms with Crippen LogP contribution < -0.4 is 0 Å². The molecule has 126 valence electrons. The lowest BCUT2D eigenvalue weighted by Gasteiger charge is -2.62. The quantitative estimate of drug-likeness (QED) is 0.629. The molecule has 4 unspecified atom stereocenters. The number of rotatable bonds is 4. The maximum atomic E-state index is 12.4. The van der Waals surface area contributed by atoms with Crippen molar-refractivity contribution in [2.75, 3.05) is 7.11 Å². The van der Waals surface area contributed by atoms with Crippen LogP contribution >= 0.6 is 0 Å². The first-order chi connectivity index (χ1) is 10.7. The van der Waals surface area contributed by atoms with E-state index in [-0.39, 0.29) is 30.3 Å². The van der Waals surface area contributed by atoms with Crippen LogP contribution in [0.4, 0.5) is 0 Å². The lowest BCUT2D eigenvalue weighted by molar-refractivity contribution is -0.231. The van der Waals surface area contributed by atoms with Crippen molar-refractivity contribution >= 4 is 17.9 Å². The Morgan fingerprint density at radius 2 is 1.70 bits per heavy atom. The molecule has 4 fully saturated rings. The first-order valence-electron chi connectivity index (χ1n) is 7.87. The van der Waals surface area contributed by atoms with E-state index in [0.717, 1.165) is 0 Å². The summed E-state index contributed by atoms with van der Waals surface area (Å²) < 4.78 is 10.7. The Hall–Kier alpha value is -1.85. The van der Waals surface area contributed by atoms with Crippen LogP contribution in [0.3, 0.4) is 0 Å². The summed E-state index contributed by atoms with van der Waals surface area (Å²) in [6.07, 6.45) is 2.64. The summed E-state index contributed by atoms with van der Waals surface area (Å²) >= 11 is 0. The summed E-state index contributed by atoms with van der Waals surface area (Å²) in [5, 5.41) is 9.80. The van der Waals surface area contributed by atoms with Gasteiger partial charge in [0, 0.05) is 18.4 Å². The van der Waals surface area contributed by atoms with E-state index in [9.17, 15) is 19.5 Å². The zero-order valence-electron chi connectivity index (χ0n) is 13.5. The van der Waals surface area contributed by atoms with Gasteiger partial charge in [-0.25, -0.2) is 4.79 Å². The van der Waals surface area contributed by atoms with Crippen LogP contribution in [-0.2, 0) is 23.9 Å². The number of carboxylic acids is 1. The van der Waals surface area contributed by atoms with Crippen LogP contribution in [0.15, 0.2) is 12.2 Å². The molecular weight excluding hydrogens is 300 g/mol. The molecule has 0 aliphatic heterocycles. The largest absolute Gasteiger partial charge is 0.481 e. The fourth-order valence-electron chi connectivity index (χ4n) is 5.43. The van der Waals surface area contributed by atoms with Gasteiger partial charge in [0.25, 0.3) is 0 Å². The summed E-state index contributed by atoms with van der Waals surface area (Å²) in [7, 11) is 1.32. The molecule has 0 aromatic carbocycles. The number of methoxy groups -OCH3 is 1. The van der Waals surface area contributed by atoms with Crippen molar-refractivity contribution < 1.29 is 29.0 Å². The Morgan fingerprint density at radius 3 is 2.26 bits per heavy atom. The molecule has 4 aliphatic carbocycles. The lowest BCUT2D eigenvalue weighted by atomic mass is 9.42. The Kier molecular flexibility index (Phi) is 3.36. The van der Waals surface area contributed by atoms with Crippen molar-refractivity contribution in [3.05, 3.63) is 12.2 Å². The molecule has 4 saturated carbocycles. The number of carbonyl (C=O) groups excluding carboxylic acids is 2. The first kappa shape index (κ1) is 16.0. The van der Waals surface area contributed by atoms with E-state index in [0.29, 0.717) is 25.7 Å². The molecule has 6 nitrogen and oxygen atoms in total. The zero-order valence-corrected chi connectivity index (χ0v) is 13.5. The first-order valence-corrected chi connectivity index (χ1v) is 7.87. The summed E-state index contributed by atoms with van der Waals surface area (Å²) in [6, 6.07) is 0. The van der Waals surface area contributed by atoms with E-state index in [1.54, 1.807) is 6.92 Å². The van der Waals surface area contributed by atoms with Crippen molar-refractivity contribution in [3.63, 3.8) is 0 Å². The molecule has 4 atom stereocenters. The number of aliphatic carboxylic acids is 1. The third kappa shape index (κ3) is 2.26. The molecule has 4 bridgehead atoms. The predicted octanol–water partition coefficient (Wildman–Crippen LogP) is 2.07. The van der Waals surface area contributed by atoms with Gasteiger partial charge in [-0.2, -0.15) is 0 Å². The van der Waals surface area contributed by atoms with Gasteiger partial charge >= 0.3 is 17.9 Å². The van der Waals surface area contributed by atoms with Crippen molar-refractivity contribution in [1.82, 2.24) is 0 Å². The maximum Gasteiger partial charge on any atom is 0.333 e. The Bertz CT molecular complexity index is 610. The lowest BCUT2D eigenvalue weighted by Crippen LogP contribution is -2.65. The molecule has 0 radical (unpaired) electrons. The second-order valence-electron chi connectivity index (χ2n) is 7.72. The van der Waals surface area contributed by atoms with Crippen molar-refractivity contribution in [3.8, 4) is 0 Å². The second kappa shape index (κ2) is 4.82. The minimum atomic E-state index is -1.01. The second-order valence-corrected chi connectivity index (χ2v) is 7.72. The molecule has 0 heterocycles. The highest BCUT2D eigenvalue weighted by Crippen LogP contribution is 2.68. The summed E-state index contributed by atoms with van der Waals surface area (Å²) in [6.45, 7) is 5.15. The van der Waals surface area contributed by atoms with E-state index < -0.39 is 28.4 Å². The van der Waals surface area contributed by atoms with Gasteiger partial charge in [-0.05, 0) is 38.5 Å². The summed E-state index contributed by atoms with van der Waals surface area (Å²) in [5.41, 5.74) is -2.50. The number of ether oxygens (including phenoxy) is 2. The number of carbonyl (C=O) groups is 3. The third-order valence-electron chi connectivity index (χ3n) is 5.75. The molecule has 6 heteroatoms. The molecule has 0 saturated heterocycles. The van der Waals surface area contributed by atoms with Crippen molar-refractivity contribution in [2.45, 2.75) is 51.0 Å². The molecule has 0 spiro atoms. The highest BCUT2D eigenvalue weighted by atomic mass is 16.6. The smallest absolute Gasteiger partial charge is 0.333 e. The molecule has 23 heavy (non-hydrogen) atoms. The average Bonchev–Trinajstić information content (AvgIpc) is 2.44. The van der Waals surface area contributed by atoms with Gasteiger partial charge in [-0.1, -0.05) is 6.58 Å². The normalized spacial score (nSPS) is 40.5. The number of esters is 2. The minimum Gasteiger partial charge on any atom is -0.481 e. The van der Waals surface area contributed by atoms with E-state index in [1.807, 2.05) is 0 Å². The fraction of sp³-hybridized carbons (Fsp3) is 0.706. The highest BCUT2D eigenvalue weighted by Gasteiger charge is 2.70.